The minimum absolute atomic E-state index is 0.0130. The molecule has 6 N–H and O–H groups in total. The van der Waals surface area contributed by atoms with E-state index in [4.69, 9.17) is 9.47 Å². The summed E-state index contributed by atoms with van der Waals surface area (Å²) in [6, 6.07) is 15.2. The van der Waals surface area contributed by atoms with Crippen LogP contribution in [-0.2, 0) is 24.1 Å². The number of benzene rings is 2. The van der Waals surface area contributed by atoms with Crippen LogP contribution in [0.4, 0.5) is 9.59 Å². The fraction of sp³-hybridized carbons (Fsp3) is 0.452. The molecule has 2 aromatic carbocycles. The van der Waals surface area contributed by atoms with Gasteiger partial charge in [-0.15, -0.1) is 0 Å². The van der Waals surface area contributed by atoms with Gasteiger partial charge < -0.3 is 45.3 Å². The van der Waals surface area contributed by atoms with Crippen LogP contribution in [0.2, 0.25) is 0 Å². The van der Waals surface area contributed by atoms with E-state index in [9.17, 15) is 24.9 Å². The number of nitrogens with zero attached hydrogens (tertiary/aromatic N) is 2. The highest BCUT2D eigenvalue weighted by Crippen LogP contribution is 2.16. The van der Waals surface area contributed by atoms with Gasteiger partial charge in [0, 0.05) is 25.5 Å². The van der Waals surface area contributed by atoms with Gasteiger partial charge in [0.05, 0.1) is 37.2 Å². The van der Waals surface area contributed by atoms with Crippen molar-refractivity contribution in [3.8, 4) is 5.75 Å². The van der Waals surface area contributed by atoms with E-state index < -0.39 is 42.1 Å². The van der Waals surface area contributed by atoms with E-state index in [1.165, 1.54) is 0 Å². The molecule has 1 aromatic heterocycles. The van der Waals surface area contributed by atoms with Crippen molar-refractivity contribution in [2.75, 3.05) is 19.7 Å². The summed E-state index contributed by atoms with van der Waals surface area (Å²) in [5.41, 5.74) is 1.01. The molecule has 0 aliphatic carbocycles. The number of aliphatic hydroxyl groups excluding tert-OH is 2. The van der Waals surface area contributed by atoms with Gasteiger partial charge in [-0.1, -0.05) is 42.5 Å². The number of hydrogen-bond donors (Lipinski definition) is 6. The number of rotatable bonds is 16. The van der Waals surface area contributed by atoms with Crippen LogP contribution < -0.4 is 20.7 Å². The number of carbonyl (C=O) groups excluding carboxylic acids is 1. The normalized spacial score (nSPS) is 14.3. The van der Waals surface area contributed by atoms with Crippen LogP contribution in [0.1, 0.15) is 31.9 Å². The van der Waals surface area contributed by atoms with E-state index in [-0.39, 0.29) is 13.1 Å². The maximum absolute atomic E-state index is 12.6. The number of hydrogen-bond acceptors (Lipinski definition) is 8. The van der Waals surface area contributed by atoms with Crippen LogP contribution in [0.3, 0.4) is 0 Å². The summed E-state index contributed by atoms with van der Waals surface area (Å²) < 4.78 is 13.1. The number of nitrogens with one attached hydrogen (secondary N) is 3. The van der Waals surface area contributed by atoms with Crippen molar-refractivity contribution < 1.29 is 34.4 Å². The maximum atomic E-state index is 12.6. The Balaban J connectivity index is 1.58. The Morgan fingerprint density at radius 2 is 1.51 bits per heavy atom. The van der Waals surface area contributed by atoms with E-state index in [2.05, 4.69) is 20.9 Å². The van der Waals surface area contributed by atoms with Crippen molar-refractivity contribution in [3.63, 3.8) is 0 Å². The summed E-state index contributed by atoms with van der Waals surface area (Å²) in [7, 11) is 0. The lowest BCUT2D eigenvalue weighted by molar-refractivity contribution is 0.0416. The second-order valence-corrected chi connectivity index (χ2v) is 11.3. The summed E-state index contributed by atoms with van der Waals surface area (Å²) in [5, 5.41) is 39.2. The number of imidazole rings is 1. The molecule has 1 unspecified atom stereocenters. The number of amides is 2. The number of carbonyl (C=O) groups is 2. The quantitative estimate of drug-likeness (QED) is 0.145. The summed E-state index contributed by atoms with van der Waals surface area (Å²) in [6.45, 7) is 6.44. The lowest BCUT2D eigenvalue weighted by Gasteiger charge is -2.28. The predicted molar refractivity (Wildman–Crippen MR) is 161 cm³/mol. The van der Waals surface area contributed by atoms with Gasteiger partial charge in [-0.05, 0) is 56.9 Å². The SMILES string of the molecule is CC(C)(C)OC(=O)N[C@@H](Cc1ccc(OCCn2ccnc2)cc1)C(O)CNC[C@@H](O)[C@H](Cc1ccccc1)NC(=O)O. The van der Waals surface area contributed by atoms with Gasteiger partial charge >= 0.3 is 12.2 Å². The fourth-order valence-electron chi connectivity index (χ4n) is 4.38. The Morgan fingerprint density at radius 3 is 2.07 bits per heavy atom. The Morgan fingerprint density at radius 1 is 0.907 bits per heavy atom. The Bertz CT molecular complexity index is 1230. The van der Waals surface area contributed by atoms with E-state index in [1.54, 1.807) is 33.3 Å². The smallest absolute Gasteiger partial charge is 0.407 e. The highest BCUT2D eigenvalue weighted by atomic mass is 16.6. The van der Waals surface area contributed by atoms with Crippen LogP contribution in [-0.4, -0.2) is 86.6 Å². The van der Waals surface area contributed by atoms with Gasteiger partial charge in [0.25, 0.3) is 0 Å². The average Bonchev–Trinajstić information content (AvgIpc) is 3.46. The summed E-state index contributed by atoms with van der Waals surface area (Å²) in [4.78, 5) is 27.9. The third-order valence-corrected chi connectivity index (χ3v) is 6.50. The molecule has 2 amide bonds. The topological polar surface area (TPSA) is 167 Å². The van der Waals surface area contributed by atoms with E-state index in [1.807, 2.05) is 65.4 Å². The zero-order valence-electron chi connectivity index (χ0n) is 24.8. The number of alkyl carbamates (subject to hydrolysis) is 1. The Kier molecular flexibility index (Phi) is 12.8. The highest BCUT2D eigenvalue weighted by Gasteiger charge is 2.26. The second-order valence-electron chi connectivity index (χ2n) is 11.3. The van der Waals surface area contributed by atoms with Crippen molar-refractivity contribution in [1.82, 2.24) is 25.5 Å². The number of aliphatic hydroxyl groups is 2. The van der Waals surface area contributed by atoms with Gasteiger partial charge in [0.2, 0.25) is 0 Å². The van der Waals surface area contributed by atoms with Crippen LogP contribution in [0, 0.1) is 0 Å². The summed E-state index contributed by atoms with van der Waals surface area (Å²) in [6.07, 6.45) is 1.88. The molecule has 234 valence electrons. The molecule has 12 heteroatoms. The van der Waals surface area contributed by atoms with E-state index in [0.717, 1.165) is 11.1 Å². The summed E-state index contributed by atoms with van der Waals surface area (Å²) >= 11 is 0. The van der Waals surface area contributed by atoms with Gasteiger partial charge in [0.1, 0.15) is 18.0 Å². The molecule has 0 bridgehead atoms. The molecule has 4 atom stereocenters. The van der Waals surface area contributed by atoms with Crippen LogP contribution in [0.25, 0.3) is 0 Å². The zero-order chi connectivity index (χ0) is 31.2. The Hall–Kier alpha value is -4.13. The largest absolute Gasteiger partial charge is 0.492 e. The highest BCUT2D eigenvalue weighted by molar-refractivity contribution is 5.68. The molecule has 43 heavy (non-hydrogen) atoms. The average molecular weight is 598 g/mol. The molecule has 12 nitrogen and oxygen atoms in total. The van der Waals surface area contributed by atoms with Crippen LogP contribution >= 0.6 is 0 Å². The van der Waals surface area contributed by atoms with E-state index >= 15 is 0 Å². The second kappa shape index (κ2) is 16.5. The molecule has 0 aliphatic rings. The molecular formula is C31H43N5O7. The monoisotopic (exact) mass is 597 g/mol. The molecule has 0 spiro atoms. The first kappa shape index (κ1) is 33.4. The van der Waals surface area contributed by atoms with E-state index in [0.29, 0.717) is 31.7 Å². The third-order valence-electron chi connectivity index (χ3n) is 6.50. The standard InChI is InChI=1S/C31H43N5O7/c1-31(2,3)43-30(41)35-26(18-23-9-11-24(12-10-23)42-16-15-36-14-13-32-21-36)28(38)20-33-19-27(37)25(34-29(39)40)17-22-7-5-4-6-8-22/h4-14,21,25-28,33-34,37-38H,15-20H2,1-3H3,(H,35,41)(H,39,40)/t25-,26-,27+,28?/m0/s1. The predicted octanol–water partition coefficient (Wildman–Crippen LogP) is 2.59. The Labute approximate surface area is 252 Å². The minimum atomic E-state index is -1.24. The zero-order valence-corrected chi connectivity index (χ0v) is 24.8. The molecule has 0 aliphatic heterocycles. The van der Waals surface area contributed by atoms with Gasteiger partial charge in [-0.2, -0.15) is 0 Å². The molecule has 0 saturated carbocycles. The number of carboxylic acid groups (broad SMARTS) is 1. The molecule has 3 rings (SSSR count). The van der Waals surface area contributed by atoms with Crippen molar-refractivity contribution >= 4 is 12.2 Å². The maximum Gasteiger partial charge on any atom is 0.407 e. The lowest BCUT2D eigenvalue weighted by atomic mass is 10.00. The first-order valence-electron chi connectivity index (χ1n) is 14.3. The van der Waals surface area contributed by atoms with Crippen molar-refractivity contribution in [3.05, 3.63) is 84.4 Å². The minimum Gasteiger partial charge on any atom is -0.492 e. The van der Waals surface area contributed by atoms with Crippen LogP contribution in [0.15, 0.2) is 73.3 Å². The molecule has 1 heterocycles. The van der Waals surface area contributed by atoms with Crippen molar-refractivity contribution in [2.24, 2.45) is 0 Å². The lowest BCUT2D eigenvalue weighted by Crippen LogP contribution is -2.52. The third kappa shape index (κ3) is 12.7. The molecular weight excluding hydrogens is 554 g/mol. The van der Waals surface area contributed by atoms with Gasteiger partial charge in [-0.3, -0.25) is 0 Å². The van der Waals surface area contributed by atoms with Crippen molar-refractivity contribution in [2.45, 2.75) is 70.1 Å². The molecule has 0 fully saturated rings. The molecule has 0 radical (unpaired) electrons. The molecule has 3 aromatic rings. The van der Waals surface area contributed by atoms with Crippen molar-refractivity contribution in [1.29, 1.82) is 0 Å². The summed E-state index contributed by atoms with van der Waals surface area (Å²) in [5.74, 6) is 0.691. The first-order chi connectivity index (χ1) is 20.5. The first-order valence-corrected chi connectivity index (χ1v) is 14.3. The fourth-order valence-corrected chi connectivity index (χ4v) is 4.38. The number of ether oxygens (including phenoxy) is 2. The number of aromatic nitrogens is 2. The van der Waals surface area contributed by atoms with Gasteiger partial charge in [0.15, 0.2) is 0 Å². The van der Waals surface area contributed by atoms with Crippen LogP contribution in [0.5, 0.6) is 5.75 Å². The van der Waals surface area contributed by atoms with Gasteiger partial charge in [-0.25, -0.2) is 14.6 Å². The molecule has 0 saturated heterocycles.